The Morgan fingerprint density at radius 2 is 1.70 bits per heavy atom. The first kappa shape index (κ1) is 17.1. The summed E-state index contributed by atoms with van der Waals surface area (Å²) < 4.78 is 5.55. The molecular weight excluding hydrogens is 286 g/mol. The molecule has 0 aliphatic rings. The van der Waals surface area contributed by atoms with E-state index in [9.17, 15) is 4.79 Å². The standard InChI is InChI=1S/C20H25NO2/c1-2-3-7-17-10-12-18(13-11-17)16-20(22)21-14-15-23-19-8-5-4-6-9-19/h4-6,8-13H,2-3,7,14-16H2,1H3,(H,21,22). The Morgan fingerprint density at radius 1 is 1.00 bits per heavy atom. The second kappa shape index (κ2) is 9.67. The van der Waals surface area contributed by atoms with E-state index in [-0.39, 0.29) is 5.91 Å². The maximum atomic E-state index is 11.9. The molecule has 0 aliphatic carbocycles. The molecule has 0 unspecified atom stereocenters. The summed E-state index contributed by atoms with van der Waals surface area (Å²) in [5, 5.41) is 2.89. The summed E-state index contributed by atoms with van der Waals surface area (Å²) in [6, 6.07) is 18.0. The molecule has 0 saturated heterocycles. The Balaban J connectivity index is 1.66. The maximum Gasteiger partial charge on any atom is 0.224 e. The van der Waals surface area contributed by atoms with Crippen molar-refractivity contribution >= 4 is 5.91 Å². The van der Waals surface area contributed by atoms with Crippen LogP contribution in [0.15, 0.2) is 54.6 Å². The van der Waals surface area contributed by atoms with Gasteiger partial charge in [-0.15, -0.1) is 0 Å². The van der Waals surface area contributed by atoms with Gasteiger partial charge < -0.3 is 10.1 Å². The molecule has 0 heterocycles. The molecule has 0 radical (unpaired) electrons. The van der Waals surface area contributed by atoms with Crippen LogP contribution in [0, 0.1) is 0 Å². The fourth-order valence-corrected chi connectivity index (χ4v) is 2.33. The number of carbonyl (C=O) groups is 1. The fraction of sp³-hybridized carbons (Fsp3) is 0.350. The second-order valence-electron chi connectivity index (χ2n) is 5.61. The van der Waals surface area contributed by atoms with E-state index in [1.165, 1.54) is 18.4 Å². The third kappa shape index (κ3) is 6.55. The molecule has 0 fully saturated rings. The third-order valence-electron chi connectivity index (χ3n) is 3.64. The minimum Gasteiger partial charge on any atom is -0.492 e. The number of unbranched alkanes of at least 4 members (excludes halogenated alkanes) is 1. The van der Waals surface area contributed by atoms with E-state index in [0.29, 0.717) is 19.6 Å². The lowest BCUT2D eigenvalue weighted by Crippen LogP contribution is -2.29. The van der Waals surface area contributed by atoms with Crippen molar-refractivity contribution in [2.75, 3.05) is 13.2 Å². The van der Waals surface area contributed by atoms with Gasteiger partial charge in [0.2, 0.25) is 5.91 Å². The zero-order valence-corrected chi connectivity index (χ0v) is 13.8. The van der Waals surface area contributed by atoms with Crippen molar-refractivity contribution in [2.24, 2.45) is 0 Å². The largest absolute Gasteiger partial charge is 0.492 e. The number of rotatable bonds is 9. The number of amides is 1. The Hall–Kier alpha value is -2.29. The van der Waals surface area contributed by atoms with E-state index in [1.807, 2.05) is 42.5 Å². The summed E-state index contributed by atoms with van der Waals surface area (Å²) >= 11 is 0. The summed E-state index contributed by atoms with van der Waals surface area (Å²) in [5.74, 6) is 0.854. The SMILES string of the molecule is CCCCc1ccc(CC(=O)NCCOc2ccccc2)cc1. The third-order valence-corrected chi connectivity index (χ3v) is 3.64. The highest BCUT2D eigenvalue weighted by Crippen LogP contribution is 2.09. The number of para-hydroxylation sites is 1. The van der Waals surface area contributed by atoms with Gasteiger partial charge in [-0.25, -0.2) is 0 Å². The van der Waals surface area contributed by atoms with Crippen molar-refractivity contribution in [2.45, 2.75) is 32.6 Å². The van der Waals surface area contributed by atoms with Gasteiger partial charge in [0.15, 0.2) is 0 Å². The summed E-state index contributed by atoms with van der Waals surface area (Å²) in [5.41, 5.74) is 2.39. The molecule has 0 aromatic heterocycles. The average Bonchev–Trinajstić information content (AvgIpc) is 2.59. The van der Waals surface area contributed by atoms with Crippen LogP contribution in [-0.4, -0.2) is 19.1 Å². The van der Waals surface area contributed by atoms with E-state index >= 15 is 0 Å². The highest BCUT2D eigenvalue weighted by molar-refractivity contribution is 5.78. The first-order chi connectivity index (χ1) is 11.3. The zero-order chi connectivity index (χ0) is 16.3. The molecule has 3 heteroatoms. The maximum absolute atomic E-state index is 11.9. The highest BCUT2D eigenvalue weighted by atomic mass is 16.5. The summed E-state index contributed by atoms with van der Waals surface area (Å²) in [4.78, 5) is 11.9. The summed E-state index contributed by atoms with van der Waals surface area (Å²) in [6.07, 6.45) is 3.94. The van der Waals surface area contributed by atoms with E-state index in [4.69, 9.17) is 4.74 Å². The number of ether oxygens (including phenoxy) is 1. The topological polar surface area (TPSA) is 38.3 Å². The van der Waals surface area contributed by atoms with Gasteiger partial charge in [0.25, 0.3) is 0 Å². The number of benzene rings is 2. The van der Waals surface area contributed by atoms with E-state index in [1.54, 1.807) is 0 Å². The van der Waals surface area contributed by atoms with Gasteiger partial charge in [-0.3, -0.25) is 4.79 Å². The highest BCUT2D eigenvalue weighted by Gasteiger charge is 2.03. The lowest BCUT2D eigenvalue weighted by molar-refractivity contribution is -0.120. The molecule has 0 spiro atoms. The molecule has 2 aromatic carbocycles. The van der Waals surface area contributed by atoms with Crippen LogP contribution < -0.4 is 10.1 Å². The van der Waals surface area contributed by atoms with Crippen molar-refractivity contribution in [1.29, 1.82) is 0 Å². The van der Waals surface area contributed by atoms with Crippen molar-refractivity contribution in [3.8, 4) is 5.75 Å². The minimum atomic E-state index is 0.0305. The van der Waals surface area contributed by atoms with Crippen molar-refractivity contribution in [3.63, 3.8) is 0 Å². The lowest BCUT2D eigenvalue weighted by atomic mass is 10.0. The van der Waals surface area contributed by atoms with E-state index in [0.717, 1.165) is 17.7 Å². The van der Waals surface area contributed by atoms with Crippen molar-refractivity contribution < 1.29 is 9.53 Å². The first-order valence-electron chi connectivity index (χ1n) is 8.30. The molecule has 2 aromatic rings. The van der Waals surface area contributed by atoms with Gasteiger partial charge in [0.05, 0.1) is 13.0 Å². The number of carbonyl (C=O) groups excluding carboxylic acids is 1. The number of hydrogen-bond donors (Lipinski definition) is 1. The van der Waals surface area contributed by atoms with Gasteiger partial charge >= 0.3 is 0 Å². The van der Waals surface area contributed by atoms with Crippen LogP contribution >= 0.6 is 0 Å². The van der Waals surface area contributed by atoms with Gasteiger partial charge in [-0.2, -0.15) is 0 Å². The number of aryl methyl sites for hydroxylation is 1. The molecular formula is C20H25NO2. The van der Waals surface area contributed by atoms with Crippen molar-refractivity contribution in [1.82, 2.24) is 5.32 Å². The van der Waals surface area contributed by atoms with E-state index in [2.05, 4.69) is 24.4 Å². The van der Waals surface area contributed by atoms with Crippen LogP contribution in [0.3, 0.4) is 0 Å². The average molecular weight is 311 g/mol. The fourth-order valence-electron chi connectivity index (χ4n) is 2.33. The molecule has 0 atom stereocenters. The number of hydrogen-bond acceptors (Lipinski definition) is 2. The minimum absolute atomic E-state index is 0.0305. The molecule has 0 saturated carbocycles. The van der Waals surface area contributed by atoms with Gasteiger partial charge in [-0.05, 0) is 36.1 Å². The molecule has 0 bridgehead atoms. The Bertz CT molecular complexity index is 578. The predicted molar refractivity (Wildman–Crippen MR) is 93.7 cm³/mol. The normalized spacial score (nSPS) is 10.3. The molecule has 23 heavy (non-hydrogen) atoms. The Kier molecular flexibility index (Phi) is 7.18. The molecule has 0 aliphatic heterocycles. The van der Waals surface area contributed by atoms with Crippen LogP contribution in [-0.2, 0) is 17.6 Å². The van der Waals surface area contributed by atoms with Crippen LogP contribution in [0.2, 0.25) is 0 Å². The molecule has 1 amide bonds. The van der Waals surface area contributed by atoms with Crippen LogP contribution in [0.5, 0.6) is 5.75 Å². The van der Waals surface area contributed by atoms with Crippen LogP contribution in [0.1, 0.15) is 30.9 Å². The smallest absolute Gasteiger partial charge is 0.224 e. The second-order valence-corrected chi connectivity index (χ2v) is 5.61. The monoisotopic (exact) mass is 311 g/mol. The Morgan fingerprint density at radius 3 is 2.39 bits per heavy atom. The van der Waals surface area contributed by atoms with Crippen LogP contribution in [0.4, 0.5) is 0 Å². The quantitative estimate of drug-likeness (QED) is 0.716. The molecule has 2 rings (SSSR count). The Labute approximate surface area is 138 Å². The molecule has 1 N–H and O–H groups in total. The van der Waals surface area contributed by atoms with Gasteiger partial charge in [-0.1, -0.05) is 55.8 Å². The van der Waals surface area contributed by atoms with E-state index < -0.39 is 0 Å². The predicted octanol–water partition coefficient (Wildman–Crippen LogP) is 3.77. The number of nitrogens with one attached hydrogen (secondary N) is 1. The first-order valence-corrected chi connectivity index (χ1v) is 8.30. The van der Waals surface area contributed by atoms with Gasteiger partial charge in [0.1, 0.15) is 12.4 Å². The molecule has 122 valence electrons. The molecule has 3 nitrogen and oxygen atoms in total. The van der Waals surface area contributed by atoms with Crippen molar-refractivity contribution in [3.05, 3.63) is 65.7 Å². The zero-order valence-electron chi connectivity index (χ0n) is 13.8. The van der Waals surface area contributed by atoms with Gasteiger partial charge in [0, 0.05) is 0 Å². The van der Waals surface area contributed by atoms with Crippen LogP contribution in [0.25, 0.3) is 0 Å². The summed E-state index contributed by atoms with van der Waals surface area (Å²) in [6.45, 7) is 3.19. The lowest BCUT2D eigenvalue weighted by Gasteiger charge is -2.08. The summed E-state index contributed by atoms with van der Waals surface area (Å²) in [7, 11) is 0.